The highest BCUT2D eigenvalue weighted by Crippen LogP contribution is 2.30. The van der Waals surface area contributed by atoms with Crippen LogP contribution >= 0.6 is 0 Å². The summed E-state index contributed by atoms with van der Waals surface area (Å²) >= 11 is 0. The minimum atomic E-state index is -0.444. The number of nitrogens with one attached hydrogen (secondary N) is 2. The van der Waals surface area contributed by atoms with E-state index in [-0.39, 0.29) is 29.7 Å². The second-order valence-corrected chi connectivity index (χ2v) is 9.20. The van der Waals surface area contributed by atoms with Crippen LogP contribution < -0.4 is 15.0 Å². The minimum absolute atomic E-state index is 0.0794. The van der Waals surface area contributed by atoms with Crippen molar-refractivity contribution < 1.29 is 18.3 Å². The molecule has 0 radical (unpaired) electrons. The number of halogens is 2. The summed E-state index contributed by atoms with van der Waals surface area (Å²) in [6.07, 6.45) is 1.52. The van der Waals surface area contributed by atoms with Crippen molar-refractivity contribution in [2.75, 3.05) is 31.6 Å². The summed E-state index contributed by atoms with van der Waals surface area (Å²) in [6.45, 7) is 5.55. The Balaban J connectivity index is 1.29. The Labute approximate surface area is 213 Å². The van der Waals surface area contributed by atoms with E-state index >= 15 is 0 Å². The number of hydrogen-bond donors (Lipinski definition) is 2. The van der Waals surface area contributed by atoms with Crippen molar-refractivity contribution in [2.45, 2.75) is 25.9 Å². The van der Waals surface area contributed by atoms with E-state index in [2.05, 4.69) is 25.2 Å². The first kappa shape index (κ1) is 24.5. The summed E-state index contributed by atoms with van der Waals surface area (Å²) < 4.78 is 32.2. The fourth-order valence-electron chi connectivity index (χ4n) is 4.71. The van der Waals surface area contributed by atoms with Crippen LogP contribution in [0.2, 0.25) is 0 Å². The molecule has 2 aromatic heterocycles. The largest absolute Gasteiger partial charge is 0.494 e. The quantitative estimate of drug-likeness (QED) is 0.403. The van der Waals surface area contributed by atoms with Gasteiger partial charge in [0.25, 0.3) is 0 Å². The molecule has 10 heteroatoms. The zero-order chi connectivity index (χ0) is 26.1. The van der Waals surface area contributed by atoms with Gasteiger partial charge in [0.15, 0.2) is 11.6 Å². The smallest absolute Gasteiger partial charge is 0.318 e. The first-order chi connectivity index (χ1) is 17.8. The minimum Gasteiger partial charge on any atom is -0.494 e. The number of aromatic nitrogens is 3. The zero-order valence-corrected chi connectivity index (χ0v) is 20.8. The number of amides is 2. The monoisotopic (exact) mass is 506 g/mol. The molecule has 1 saturated heterocycles. The van der Waals surface area contributed by atoms with E-state index < -0.39 is 5.82 Å². The molecule has 1 aliphatic heterocycles. The lowest BCUT2D eigenvalue weighted by Gasteiger charge is -2.40. The van der Waals surface area contributed by atoms with Crippen LogP contribution in [-0.2, 0) is 0 Å². The van der Waals surface area contributed by atoms with E-state index in [4.69, 9.17) is 4.74 Å². The summed E-state index contributed by atoms with van der Waals surface area (Å²) in [5, 5.41) is 3.88. The Kier molecular flexibility index (Phi) is 6.64. The van der Waals surface area contributed by atoms with Crippen LogP contribution in [0.15, 0.2) is 54.9 Å². The molecule has 4 aromatic rings. The van der Waals surface area contributed by atoms with Gasteiger partial charge in [0, 0.05) is 31.4 Å². The van der Waals surface area contributed by atoms with Crippen LogP contribution in [0.1, 0.15) is 25.5 Å². The van der Waals surface area contributed by atoms with Crippen molar-refractivity contribution in [1.82, 2.24) is 25.2 Å². The number of H-pyrrole nitrogens is 1. The molecule has 1 aliphatic rings. The van der Waals surface area contributed by atoms with Gasteiger partial charge < -0.3 is 24.8 Å². The third-order valence-electron chi connectivity index (χ3n) is 6.76. The van der Waals surface area contributed by atoms with Gasteiger partial charge in [-0.15, -0.1) is 0 Å². The van der Waals surface area contributed by atoms with E-state index in [0.717, 1.165) is 28.0 Å². The molecule has 0 aliphatic carbocycles. The summed E-state index contributed by atoms with van der Waals surface area (Å²) in [6, 6.07) is 12.2. The molecule has 37 heavy (non-hydrogen) atoms. The van der Waals surface area contributed by atoms with Gasteiger partial charge in [-0.05, 0) is 67.4 Å². The molecule has 1 fully saturated rings. The number of carbonyl (C=O) groups excluding carboxylic acids is 1. The highest BCUT2D eigenvalue weighted by molar-refractivity contribution is 5.92. The van der Waals surface area contributed by atoms with Gasteiger partial charge in [-0.3, -0.25) is 0 Å². The molecule has 2 aromatic carbocycles. The molecular weight excluding hydrogens is 478 g/mol. The topological polar surface area (TPSA) is 86.4 Å². The van der Waals surface area contributed by atoms with E-state index in [9.17, 15) is 13.6 Å². The normalized spacial score (nSPS) is 16.6. The number of rotatable bonds is 5. The molecule has 0 spiro atoms. The van der Waals surface area contributed by atoms with Crippen LogP contribution in [0.5, 0.6) is 5.75 Å². The lowest BCUT2D eigenvalue weighted by Crippen LogP contribution is -2.57. The molecule has 0 bridgehead atoms. The van der Waals surface area contributed by atoms with Crippen LogP contribution in [0.3, 0.4) is 0 Å². The predicted molar refractivity (Wildman–Crippen MR) is 138 cm³/mol. The van der Waals surface area contributed by atoms with Crippen molar-refractivity contribution in [2.24, 2.45) is 0 Å². The fraction of sp³-hybridized carbons (Fsp3) is 0.296. The maximum absolute atomic E-state index is 13.8. The number of benzene rings is 2. The number of nitrogens with zero attached hydrogens (tertiary/aromatic N) is 4. The van der Waals surface area contributed by atoms with Crippen molar-refractivity contribution in [3.63, 3.8) is 0 Å². The number of urea groups is 1. The van der Waals surface area contributed by atoms with Crippen LogP contribution in [0.25, 0.3) is 22.3 Å². The number of ether oxygens (including phenoxy) is 1. The van der Waals surface area contributed by atoms with Gasteiger partial charge in [-0.1, -0.05) is 6.07 Å². The van der Waals surface area contributed by atoms with Gasteiger partial charge in [0.05, 0.1) is 18.5 Å². The molecule has 3 heterocycles. The number of hydrogen-bond acceptors (Lipinski definition) is 5. The maximum atomic E-state index is 13.8. The van der Waals surface area contributed by atoms with Crippen molar-refractivity contribution in [1.29, 1.82) is 0 Å². The Morgan fingerprint density at radius 2 is 1.92 bits per heavy atom. The summed E-state index contributed by atoms with van der Waals surface area (Å²) in [7, 11) is 1.41. The second-order valence-electron chi connectivity index (χ2n) is 9.20. The van der Waals surface area contributed by atoms with Crippen molar-refractivity contribution >= 4 is 22.9 Å². The molecular formula is C27H28F2N6O2. The molecule has 192 valence electrons. The average Bonchev–Trinajstić information content (AvgIpc) is 3.33. The fourth-order valence-corrected chi connectivity index (χ4v) is 4.71. The van der Waals surface area contributed by atoms with Crippen molar-refractivity contribution in [3.8, 4) is 17.0 Å². The van der Waals surface area contributed by atoms with Crippen LogP contribution in [0.4, 0.5) is 19.4 Å². The number of piperazine rings is 1. The van der Waals surface area contributed by atoms with E-state index in [1.807, 2.05) is 19.9 Å². The van der Waals surface area contributed by atoms with Crippen molar-refractivity contribution in [3.05, 3.63) is 72.1 Å². The summed E-state index contributed by atoms with van der Waals surface area (Å²) in [5.74, 6) is 0.195. The zero-order valence-electron chi connectivity index (χ0n) is 20.8. The van der Waals surface area contributed by atoms with Gasteiger partial charge >= 0.3 is 6.03 Å². The van der Waals surface area contributed by atoms with E-state index in [0.29, 0.717) is 25.3 Å². The maximum Gasteiger partial charge on any atom is 0.318 e. The molecule has 2 N–H and O–H groups in total. The molecule has 2 amide bonds. The Morgan fingerprint density at radius 3 is 2.65 bits per heavy atom. The molecule has 1 unspecified atom stereocenters. The first-order valence-electron chi connectivity index (χ1n) is 12.1. The predicted octanol–water partition coefficient (Wildman–Crippen LogP) is 4.89. The molecule has 8 nitrogen and oxygen atoms in total. The third kappa shape index (κ3) is 4.91. The highest BCUT2D eigenvalue weighted by atomic mass is 19.1. The first-order valence-corrected chi connectivity index (χ1v) is 12.1. The van der Waals surface area contributed by atoms with Crippen LogP contribution in [0, 0.1) is 11.6 Å². The van der Waals surface area contributed by atoms with Gasteiger partial charge in [0.1, 0.15) is 23.6 Å². The summed E-state index contributed by atoms with van der Waals surface area (Å²) in [5.41, 5.74) is 3.13. The highest BCUT2D eigenvalue weighted by Gasteiger charge is 2.30. The number of fused-ring (bicyclic) bond motifs is 1. The average molecular weight is 507 g/mol. The molecule has 0 saturated carbocycles. The number of anilines is 1. The van der Waals surface area contributed by atoms with Gasteiger partial charge in [0.2, 0.25) is 0 Å². The Hall–Kier alpha value is -4.21. The molecule has 2 atom stereocenters. The van der Waals surface area contributed by atoms with E-state index in [1.54, 1.807) is 29.2 Å². The number of aromatic amines is 1. The van der Waals surface area contributed by atoms with Gasteiger partial charge in [-0.25, -0.2) is 23.5 Å². The van der Waals surface area contributed by atoms with Crippen LogP contribution in [-0.4, -0.2) is 58.7 Å². The SMILES string of the molecule is COc1cc(C(C)NC(=O)N2CCN(c3ncnc4[nH]c(-c5ccc(F)cc5)cc34)C[C@H]2C)ccc1F. The standard InChI is InChI=1S/C27H28F2N6O2/c1-16-14-34(10-11-35(16)27(36)32-17(2)19-6-9-22(29)24(12-19)37-3)26-21-13-23(33-25(21)30-15-31-26)18-4-7-20(28)8-5-18/h4-9,12-13,15-17H,10-11,14H2,1-3H3,(H,32,36)(H,30,31,33)/t16-,17?/m1/s1. The lowest BCUT2D eigenvalue weighted by molar-refractivity contribution is 0.168. The number of methoxy groups -OCH3 is 1. The number of carbonyl (C=O) groups is 1. The Bertz CT molecular complexity index is 1420. The Morgan fingerprint density at radius 1 is 1.14 bits per heavy atom. The lowest BCUT2D eigenvalue weighted by atomic mass is 10.1. The summed E-state index contributed by atoms with van der Waals surface area (Å²) in [4.78, 5) is 29.2. The molecule has 5 rings (SSSR count). The second kappa shape index (κ2) is 10.0. The van der Waals surface area contributed by atoms with E-state index in [1.165, 1.54) is 31.6 Å². The van der Waals surface area contributed by atoms with Gasteiger partial charge in [-0.2, -0.15) is 0 Å². The third-order valence-corrected chi connectivity index (χ3v) is 6.76.